The minimum absolute atomic E-state index is 0.164. The van der Waals surface area contributed by atoms with Gasteiger partial charge in [-0.15, -0.1) is 0 Å². The average Bonchev–Trinajstić information content (AvgIpc) is 3.10. The quantitative estimate of drug-likeness (QED) is 0.800. The van der Waals surface area contributed by atoms with E-state index in [9.17, 15) is 4.79 Å². The van der Waals surface area contributed by atoms with Crippen molar-refractivity contribution in [1.82, 2.24) is 9.80 Å². The Morgan fingerprint density at radius 3 is 2.04 bits per heavy atom. The maximum atomic E-state index is 13.1. The van der Waals surface area contributed by atoms with Crippen molar-refractivity contribution in [2.75, 3.05) is 39.4 Å². The zero-order valence-electron chi connectivity index (χ0n) is 16.9. The number of carbonyl (C=O) groups is 1. The molecule has 0 bridgehead atoms. The Labute approximate surface area is 162 Å². The van der Waals surface area contributed by atoms with Gasteiger partial charge in [-0.2, -0.15) is 0 Å². The summed E-state index contributed by atoms with van der Waals surface area (Å²) in [6.07, 6.45) is 3.96. The summed E-state index contributed by atoms with van der Waals surface area (Å²) in [5.74, 6) is -0.121. The Morgan fingerprint density at radius 1 is 0.926 bits per heavy atom. The van der Waals surface area contributed by atoms with E-state index in [0.29, 0.717) is 0 Å². The highest BCUT2D eigenvalue weighted by atomic mass is 16.7. The van der Waals surface area contributed by atoms with Gasteiger partial charge in [-0.3, -0.25) is 9.69 Å². The molecule has 1 spiro atoms. The molecule has 3 aliphatic rings. The van der Waals surface area contributed by atoms with Gasteiger partial charge in [0.25, 0.3) is 5.91 Å². The van der Waals surface area contributed by atoms with Crippen LogP contribution in [0.5, 0.6) is 0 Å². The number of aryl methyl sites for hydroxylation is 2. The summed E-state index contributed by atoms with van der Waals surface area (Å²) in [5.41, 5.74) is 3.20. The minimum Gasteiger partial charge on any atom is -0.347 e. The molecule has 1 aromatic rings. The van der Waals surface area contributed by atoms with Crippen LogP contribution in [0.4, 0.5) is 0 Å². The molecule has 0 aromatic heterocycles. The molecule has 1 amide bonds. The van der Waals surface area contributed by atoms with Crippen molar-refractivity contribution in [3.05, 3.63) is 34.9 Å². The van der Waals surface area contributed by atoms with E-state index in [1.165, 1.54) is 0 Å². The van der Waals surface area contributed by atoms with Gasteiger partial charge in [-0.25, -0.2) is 0 Å². The summed E-state index contributed by atoms with van der Waals surface area (Å²) in [6.45, 7) is 11.6. The summed E-state index contributed by atoms with van der Waals surface area (Å²) in [6, 6.07) is 6.09. The SMILES string of the molecule is Cc1cccc(C)c1C(=O)N1CCC(C)(N2CCC3(CC2)OCCO3)CC1. The molecular formula is C22H32N2O3. The van der Waals surface area contributed by atoms with Gasteiger partial charge < -0.3 is 14.4 Å². The third-order valence-corrected chi connectivity index (χ3v) is 6.93. The number of hydrogen-bond donors (Lipinski definition) is 0. The van der Waals surface area contributed by atoms with Crippen LogP contribution < -0.4 is 0 Å². The molecule has 0 radical (unpaired) electrons. The lowest BCUT2D eigenvalue weighted by atomic mass is 9.85. The summed E-state index contributed by atoms with van der Waals surface area (Å²) in [7, 11) is 0. The Hall–Kier alpha value is -1.43. The number of ether oxygens (including phenoxy) is 2. The third-order valence-electron chi connectivity index (χ3n) is 6.93. The van der Waals surface area contributed by atoms with Crippen LogP contribution >= 0.6 is 0 Å². The molecule has 3 saturated heterocycles. The molecule has 5 nitrogen and oxygen atoms in total. The van der Waals surface area contributed by atoms with E-state index in [-0.39, 0.29) is 17.2 Å². The first-order valence-electron chi connectivity index (χ1n) is 10.3. The van der Waals surface area contributed by atoms with Crippen molar-refractivity contribution in [2.24, 2.45) is 0 Å². The fraction of sp³-hybridized carbons (Fsp3) is 0.682. The maximum Gasteiger partial charge on any atom is 0.254 e. The standard InChI is InChI=1S/C22H32N2O3/c1-17-5-4-6-18(2)19(17)20(25)23-11-7-21(3,8-12-23)24-13-9-22(10-14-24)26-15-16-27-22/h4-6H,7-16H2,1-3H3. The van der Waals surface area contributed by atoms with Crippen molar-refractivity contribution in [3.63, 3.8) is 0 Å². The normalized spacial score (nSPS) is 25.1. The lowest BCUT2D eigenvalue weighted by Gasteiger charge is -2.50. The first kappa shape index (κ1) is 18.9. The van der Waals surface area contributed by atoms with Crippen LogP contribution in [0.3, 0.4) is 0 Å². The Kier molecular flexibility index (Phi) is 5.04. The molecule has 27 heavy (non-hydrogen) atoms. The maximum absolute atomic E-state index is 13.1. The number of nitrogens with zero attached hydrogens (tertiary/aromatic N) is 2. The van der Waals surface area contributed by atoms with E-state index in [1.807, 2.05) is 36.9 Å². The van der Waals surface area contributed by atoms with Crippen LogP contribution in [-0.2, 0) is 9.47 Å². The molecule has 5 heteroatoms. The van der Waals surface area contributed by atoms with Crippen molar-refractivity contribution < 1.29 is 14.3 Å². The molecule has 148 valence electrons. The fourth-order valence-electron chi connectivity index (χ4n) is 4.99. The van der Waals surface area contributed by atoms with E-state index < -0.39 is 0 Å². The second-order valence-corrected chi connectivity index (χ2v) is 8.65. The zero-order valence-corrected chi connectivity index (χ0v) is 16.9. The Balaban J connectivity index is 1.37. The van der Waals surface area contributed by atoms with Crippen LogP contribution in [0.2, 0.25) is 0 Å². The second-order valence-electron chi connectivity index (χ2n) is 8.65. The molecular weight excluding hydrogens is 340 g/mol. The molecule has 0 saturated carbocycles. The van der Waals surface area contributed by atoms with Gasteiger partial charge in [0.15, 0.2) is 5.79 Å². The van der Waals surface area contributed by atoms with Crippen LogP contribution in [0.25, 0.3) is 0 Å². The van der Waals surface area contributed by atoms with Crippen LogP contribution in [0.1, 0.15) is 54.1 Å². The number of rotatable bonds is 2. The molecule has 3 aliphatic heterocycles. The van der Waals surface area contributed by atoms with Gasteiger partial charge in [0.1, 0.15) is 0 Å². The van der Waals surface area contributed by atoms with E-state index in [4.69, 9.17) is 9.47 Å². The number of amides is 1. The van der Waals surface area contributed by atoms with Crippen LogP contribution in [0.15, 0.2) is 18.2 Å². The van der Waals surface area contributed by atoms with Gasteiger partial charge in [0.05, 0.1) is 13.2 Å². The van der Waals surface area contributed by atoms with Crippen molar-refractivity contribution in [3.8, 4) is 0 Å². The van der Waals surface area contributed by atoms with E-state index >= 15 is 0 Å². The number of hydrogen-bond acceptors (Lipinski definition) is 4. The number of likely N-dealkylation sites (tertiary alicyclic amines) is 2. The first-order valence-corrected chi connectivity index (χ1v) is 10.3. The van der Waals surface area contributed by atoms with E-state index in [1.54, 1.807) is 0 Å². The molecule has 3 heterocycles. The summed E-state index contributed by atoms with van der Waals surface area (Å²) < 4.78 is 11.7. The Bertz CT molecular complexity index is 673. The predicted octanol–water partition coefficient (Wildman–Crippen LogP) is 3.14. The monoisotopic (exact) mass is 372 g/mol. The molecule has 0 N–H and O–H groups in total. The molecule has 0 aliphatic carbocycles. The van der Waals surface area contributed by atoms with Gasteiger partial charge in [-0.1, -0.05) is 18.2 Å². The summed E-state index contributed by atoms with van der Waals surface area (Å²) in [4.78, 5) is 17.7. The third kappa shape index (κ3) is 3.53. The summed E-state index contributed by atoms with van der Waals surface area (Å²) in [5, 5.41) is 0. The second kappa shape index (κ2) is 7.19. The minimum atomic E-state index is -0.314. The smallest absolute Gasteiger partial charge is 0.254 e. The summed E-state index contributed by atoms with van der Waals surface area (Å²) >= 11 is 0. The predicted molar refractivity (Wildman–Crippen MR) is 105 cm³/mol. The topological polar surface area (TPSA) is 42.0 Å². The van der Waals surface area contributed by atoms with Gasteiger partial charge >= 0.3 is 0 Å². The largest absolute Gasteiger partial charge is 0.347 e. The van der Waals surface area contributed by atoms with Gasteiger partial charge in [0.2, 0.25) is 0 Å². The number of benzene rings is 1. The van der Waals surface area contributed by atoms with E-state index in [2.05, 4.69) is 11.8 Å². The van der Waals surface area contributed by atoms with Crippen molar-refractivity contribution in [2.45, 2.75) is 57.8 Å². The molecule has 3 fully saturated rings. The molecule has 1 aromatic carbocycles. The van der Waals surface area contributed by atoms with Gasteiger partial charge in [0, 0.05) is 50.1 Å². The van der Waals surface area contributed by atoms with Crippen LogP contribution in [0, 0.1) is 13.8 Å². The highest BCUT2D eigenvalue weighted by Crippen LogP contribution is 2.37. The Morgan fingerprint density at radius 2 is 1.48 bits per heavy atom. The van der Waals surface area contributed by atoms with Crippen molar-refractivity contribution in [1.29, 1.82) is 0 Å². The molecule has 0 atom stereocenters. The van der Waals surface area contributed by atoms with Crippen LogP contribution in [-0.4, -0.2) is 66.4 Å². The lowest BCUT2D eigenvalue weighted by molar-refractivity contribution is -0.193. The first-order chi connectivity index (χ1) is 12.9. The van der Waals surface area contributed by atoms with Crippen molar-refractivity contribution >= 4 is 5.91 Å². The highest BCUT2D eigenvalue weighted by Gasteiger charge is 2.45. The van der Waals surface area contributed by atoms with E-state index in [0.717, 1.165) is 81.8 Å². The number of carbonyl (C=O) groups excluding carboxylic acids is 1. The molecule has 4 rings (SSSR count). The van der Waals surface area contributed by atoms with Gasteiger partial charge in [-0.05, 0) is 44.7 Å². The average molecular weight is 373 g/mol. The highest BCUT2D eigenvalue weighted by molar-refractivity contribution is 5.97. The number of piperidine rings is 2. The zero-order chi connectivity index (χ0) is 19.1. The fourth-order valence-corrected chi connectivity index (χ4v) is 4.99. The lowest BCUT2D eigenvalue weighted by Crippen LogP contribution is -2.58. The molecule has 0 unspecified atom stereocenters.